The Kier molecular flexibility index (Phi) is 6.88. The van der Waals surface area contributed by atoms with Crippen molar-refractivity contribution in [1.29, 1.82) is 0 Å². The highest BCUT2D eigenvalue weighted by molar-refractivity contribution is 7.89. The molecule has 0 aromatic heterocycles. The molecular weight excluding hydrogens is 292 g/mol. The monoisotopic (exact) mass is 310 g/mol. The van der Waals surface area contributed by atoms with Crippen molar-refractivity contribution in [3.63, 3.8) is 0 Å². The maximum absolute atomic E-state index is 11.8. The van der Waals surface area contributed by atoms with Crippen LogP contribution >= 0.6 is 0 Å². The van der Waals surface area contributed by atoms with E-state index in [0.717, 1.165) is 0 Å². The van der Waals surface area contributed by atoms with Crippen LogP contribution in [0.1, 0.15) is 22.8 Å². The average molecular weight is 310 g/mol. The summed E-state index contributed by atoms with van der Waals surface area (Å²) < 4.78 is 25.1. The lowest BCUT2D eigenvalue weighted by Crippen LogP contribution is -2.34. The van der Waals surface area contributed by atoms with Crippen molar-refractivity contribution >= 4 is 15.9 Å². The van der Waals surface area contributed by atoms with Gasteiger partial charge in [-0.3, -0.25) is 4.79 Å². The fraction of sp³-hybridized carbons (Fsp3) is 0.357. The summed E-state index contributed by atoms with van der Waals surface area (Å²) in [4.78, 5) is 11.8. The van der Waals surface area contributed by atoms with Gasteiger partial charge in [-0.25, -0.2) is 13.1 Å². The van der Waals surface area contributed by atoms with Gasteiger partial charge in [-0.2, -0.15) is 0 Å². The van der Waals surface area contributed by atoms with Crippen molar-refractivity contribution < 1.29 is 18.3 Å². The molecule has 1 amide bonds. The van der Waals surface area contributed by atoms with E-state index in [0.29, 0.717) is 17.7 Å². The van der Waals surface area contributed by atoms with Crippen LogP contribution in [0.2, 0.25) is 0 Å². The van der Waals surface area contributed by atoms with Gasteiger partial charge >= 0.3 is 0 Å². The fourth-order valence-corrected chi connectivity index (χ4v) is 2.49. The van der Waals surface area contributed by atoms with Crippen LogP contribution in [0.4, 0.5) is 0 Å². The first-order chi connectivity index (χ1) is 9.98. The van der Waals surface area contributed by atoms with E-state index < -0.39 is 10.0 Å². The van der Waals surface area contributed by atoms with Crippen molar-refractivity contribution in [2.24, 2.45) is 0 Å². The molecule has 0 atom stereocenters. The van der Waals surface area contributed by atoms with Crippen molar-refractivity contribution in [2.45, 2.75) is 6.92 Å². The number of benzene rings is 1. The van der Waals surface area contributed by atoms with Gasteiger partial charge in [0.1, 0.15) is 6.61 Å². The summed E-state index contributed by atoms with van der Waals surface area (Å²) in [6, 6.07) is 6.50. The molecule has 6 nitrogen and oxygen atoms in total. The molecule has 0 spiro atoms. The highest BCUT2D eigenvalue weighted by Crippen LogP contribution is 2.03. The molecule has 3 N–H and O–H groups in total. The van der Waals surface area contributed by atoms with E-state index in [1.54, 1.807) is 31.2 Å². The van der Waals surface area contributed by atoms with Gasteiger partial charge < -0.3 is 10.4 Å². The fourth-order valence-electron chi connectivity index (χ4n) is 1.54. The summed E-state index contributed by atoms with van der Waals surface area (Å²) in [7, 11) is -3.33. The molecule has 0 aliphatic rings. The van der Waals surface area contributed by atoms with Crippen LogP contribution in [0.15, 0.2) is 24.3 Å². The zero-order valence-electron chi connectivity index (χ0n) is 11.7. The Morgan fingerprint density at radius 1 is 1.29 bits per heavy atom. The van der Waals surface area contributed by atoms with Crippen LogP contribution in [0.5, 0.6) is 0 Å². The molecule has 1 rings (SSSR count). The third-order valence-corrected chi connectivity index (χ3v) is 3.95. The van der Waals surface area contributed by atoms with E-state index in [1.807, 2.05) is 0 Å². The van der Waals surface area contributed by atoms with Crippen molar-refractivity contribution in [3.05, 3.63) is 35.4 Å². The zero-order valence-corrected chi connectivity index (χ0v) is 12.5. The second kappa shape index (κ2) is 8.42. The van der Waals surface area contributed by atoms with Gasteiger partial charge in [-0.05, 0) is 24.3 Å². The Balaban J connectivity index is 2.53. The van der Waals surface area contributed by atoms with Gasteiger partial charge in [0.05, 0.1) is 5.75 Å². The summed E-state index contributed by atoms with van der Waals surface area (Å²) in [6.07, 6.45) is 0. The Hall–Kier alpha value is -1.88. The smallest absolute Gasteiger partial charge is 0.251 e. The predicted molar refractivity (Wildman–Crippen MR) is 80.2 cm³/mol. The summed E-state index contributed by atoms with van der Waals surface area (Å²) in [5.41, 5.74) is 1.11. The molecule has 0 saturated carbocycles. The number of nitrogens with one attached hydrogen (secondary N) is 2. The molecule has 0 radical (unpaired) electrons. The number of carbonyl (C=O) groups excluding carboxylic acids is 1. The van der Waals surface area contributed by atoms with Crippen molar-refractivity contribution in [1.82, 2.24) is 10.0 Å². The van der Waals surface area contributed by atoms with Gasteiger partial charge in [0.15, 0.2) is 0 Å². The van der Waals surface area contributed by atoms with E-state index >= 15 is 0 Å². The Labute approximate surface area is 124 Å². The van der Waals surface area contributed by atoms with Gasteiger partial charge in [0, 0.05) is 24.2 Å². The number of hydrogen-bond donors (Lipinski definition) is 3. The number of rotatable bonds is 6. The molecular formula is C14H18N2O4S. The molecule has 21 heavy (non-hydrogen) atoms. The summed E-state index contributed by atoms with van der Waals surface area (Å²) in [5.74, 6) is 4.72. The lowest BCUT2D eigenvalue weighted by molar-refractivity contribution is 0.0956. The SMILES string of the molecule is CCNS(=O)(=O)CCNC(=O)c1ccc(C#CCO)cc1. The van der Waals surface area contributed by atoms with Crippen LogP contribution in [0.25, 0.3) is 0 Å². The minimum absolute atomic E-state index is 0.0419. The summed E-state index contributed by atoms with van der Waals surface area (Å²) >= 11 is 0. The van der Waals surface area contributed by atoms with Gasteiger partial charge in [-0.15, -0.1) is 0 Å². The number of carbonyl (C=O) groups is 1. The van der Waals surface area contributed by atoms with Crippen LogP contribution in [-0.4, -0.2) is 44.9 Å². The number of aliphatic hydroxyl groups is 1. The topological polar surface area (TPSA) is 95.5 Å². The summed E-state index contributed by atoms with van der Waals surface area (Å²) in [5, 5.41) is 11.1. The number of hydrogen-bond acceptors (Lipinski definition) is 4. The minimum atomic E-state index is -3.33. The molecule has 1 aromatic carbocycles. The molecule has 0 bridgehead atoms. The maximum atomic E-state index is 11.8. The van der Waals surface area contributed by atoms with E-state index in [9.17, 15) is 13.2 Å². The first-order valence-electron chi connectivity index (χ1n) is 6.44. The molecule has 0 aliphatic carbocycles. The molecule has 0 heterocycles. The zero-order chi connectivity index (χ0) is 15.7. The number of amides is 1. The Morgan fingerprint density at radius 2 is 1.95 bits per heavy atom. The first kappa shape index (κ1) is 17.2. The molecule has 0 fully saturated rings. The quantitative estimate of drug-likeness (QED) is 0.629. The predicted octanol–water partition coefficient (Wildman–Crippen LogP) is -0.300. The van der Waals surface area contributed by atoms with Crippen LogP contribution < -0.4 is 10.0 Å². The van der Waals surface area contributed by atoms with Gasteiger partial charge in [0.2, 0.25) is 10.0 Å². The van der Waals surface area contributed by atoms with E-state index in [1.165, 1.54) is 0 Å². The minimum Gasteiger partial charge on any atom is -0.384 e. The standard InChI is InChI=1S/C14H18N2O4S/c1-2-16-21(19,20)11-9-15-14(18)13-7-5-12(6-8-13)4-3-10-17/h5-8,16-17H,2,9-11H2,1H3,(H,15,18). The molecule has 0 saturated heterocycles. The highest BCUT2D eigenvalue weighted by Gasteiger charge is 2.10. The van der Waals surface area contributed by atoms with Crippen LogP contribution in [-0.2, 0) is 10.0 Å². The lowest BCUT2D eigenvalue weighted by Gasteiger charge is -2.06. The van der Waals surface area contributed by atoms with Crippen molar-refractivity contribution in [3.8, 4) is 11.8 Å². The molecule has 0 unspecified atom stereocenters. The second-order valence-electron chi connectivity index (χ2n) is 4.11. The van der Waals surface area contributed by atoms with E-state index in [-0.39, 0.29) is 24.8 Å². The Bertz CT molecular complexity index is 627. The normalized spacial score (nSPS) is 10.6. The molecule has 0 aliphatic heterocycles. The molecule has 7 heteroatoms. The number of sulfonamides is 1. The Morgan fingerprint density at radius 3 is 2.52 bits per heavy atom. The lowest BCUT2D eigenvalue weighted by atomic mass is 10.1. The van der Waals surface area contributed by atoms with Crippen molar-refractivity contribution in [2.75, 3.05) is 25.4 Å². The van der Waals surface area contributed by atoms with Gasteiger partial charge in [0.25, 0.3) is 5.91 Å². The maximum Gasteiger partial charge on any atom is 0.251 e. The number of aliphatic hydroxyl groups excluding tert-OH is 1. The third-order valence-electron chi connectivity index (χ3n) is 2.48. The highest BCUT2D eigenvalue weighted by atomic mass is 32.2. The van der Waals surface area contributed by atoms with Crippen LogP contribution in [0.3, 0.4) is 0 Å². The molecule has 114 valence electrons. The van der Waals surface area contributed by atoms with E-state index in [2.05, 4.69) is 21.9 Å². The largest absolute Gasteiger partial charge is 0.384 e. The first-order valence-corrected chi connectivity index (χ1v) is 8.09. The third kappa shape index (κ3) is 6.40. The summed E-state index contributed by atoms with van der Waals surface area (Å²) in [6.45, 7) is 1.84. The average Bonchev–Trinajstić information content (AvgIpc) is 2.45. The molecule has 1 aromatic rings. The van der Waals surface area contributed by atoms with Gasteiger partial charge in [-0.1, -0.05) is 18.8 Å². The van der Waals surface area contributed by atoms with E-state index in [4.69, 9.17) is 5.11 Å². The second-order valence-corrected chi connectivity index (χ2v) is 6.04. The van der Waals surface area contributed by atoms with Crippen LogP contribution in [0, 0.1) is 11.8 Å².